The van der Waals surface area contributed by atoms with Crippen molar-refractivity contribution in [3.8, 4) is 0 Å². The first-order valence-corrected chi connectivity index (χ1v) is 6.14. The normalized spacial score (nSPS) is 17.6. The predicted octanol–water partition coefficient (Wildman–Crippen LogP) is 2.76. The molecule has 0 radical (unpaired) electrons. The smallest absolute Gasteiger partial charge is 0.135 e. The summed E-state index contributed by atoms with van der Waals surface area (Å²) in [6, 6.07) is 0. The van der Waals surface area contributed by atoms with Crippen LogP contribution in [-0.2, 0) is 5.41 Å². The fourth-order valence-corrected chi connectivity index (χ4v) is 2.21. The molecule has 0 saturated carbocycles. The molecule has 1 aromatic heterocycles. The van der Waals surface area contributed by atoms with Crippen molar-refractivity contribution in [1.82, 2.24) is 9.97 Å². The molecule has 3 heteroatoms. The second kappa shape index (κ2) is 4.40. The molecule has 1 fully saturated rings. The lowest BCUT2D eigenvalue weighted by molar-refractivity contribution is 0.548. The van der Waals surface area contributed by atoms with Gasteiger partial charge in [-0.15, -0.1) is 0 Å². The van der Waals surface area contributed by atoms with E-state index >= 15 is 0 Å². The molecule has 0 spiro atoms. The molecule has 0 aliphatic carbocycles. The Bertz CT molecular complexity index is 348. The molecule has 0 amide bonds. The van der Waals surface area contributed by atoms with Crippen LogP contribution in [0.2, 0.25) is 0 Å². The minimum atomic E-state index is 0.119. The van der Waals surface area contributed by atoms with E-state index in [9.17, 15) is 0 Å². The molecule has 2 heterocycles. The molecule has 1 aromatic rings. The maximum atomic E-state index is 4.48. The largest absolute Gasteiger partial charge is 0.356 e. The van der Waals surface area contributed by atoms with Crippen molar-refractivity contribution in [2.45, 2.75) is 45.4 Å². The Morgan fingerprint density at radius 2 is 1.81 bits per heavy atom. The van der Waals surface area contributed by atoms with Gasteiger partial charge in [-0.2, -0.15) is 0 Å². The molecule has 2 rings (SSSR count). The molecule has 0 unspecified atom stereocenters. The first kappa shape index (κ1) is 11.4. The highest BCUT2D eigenvalue weighted by Crippen LogP contribution is 2.30. The molecule has 0 atom stereocenters. The van der Waals surface area contributed by atoms with Crippen LogP contribution in [0, 0.1) is 0 Å². The van der Waals surface area contributed by atoms with Crippen molar-refractivity contribution in [2.24, 2.45) is 0 Å². The Hall–Kier alpha value is -1.12. The third-order valence-corrected chi connectivity index (χ3v) is 3.15. The molecular weight excluding hydrogens is 198 g/mol. The summed E-state index contributed by atoms with van der Waals surface area (Å²) in [6.07, 6.45) is 7.56. The third-order valence-electron chi connectivity index (χ3n) is 3.15. The zero-order chi connectivity index (χ0) is 11.6. The van der Waals surface area contributed by atoms with Crippen LogP contribution in [0.25, 0.3) is 0 Å². The van der Waals surface area contributed by atoms with Gasteiger partial charge in [0.15, 0.2) is 0 Å². The number of aromatic nitrogens is 2. The van der Waals surface area contributed by atoms with Crippen LogP contribution in [-0.4, -0.2) is 23.1 Å². The van der Waals surface area contributed by atoms with Crippen molar-refractivity contribution in [3.63, 3.8) is 0 Å². The lowest BCUT2D eigenvalue weighted by Gasteiger charge is -2.32. The lowest BCUT2D eigenvalue weighted by atomic mass is 9.88. The second-order valence-corrected chi connectivity index (χ2v) is 5.56. The van der Waals surface area contributed by atoms with Crippen LogP contribution in [0.1, 0.15) is 45.6 Å². The summed E-state index contributed by atoms with van der Waals surface area (Å²) >= 11 is 0. The summed E-state index contributed by atoms with van der Waals surface area (Å²) in [6.45, 7) is 8.94. The summed E-state index contributed by atoms with van der Waals surface area (Å²) in [5.41, 5.74) is 1.38. The third kappa shape index (κ3) is 2.34. The second-order valence-electron chi connectivity index (χ2n) is 5.56. The Kier molecular flexibility index (Phi) is 3.13. The summed E-state index contributed by atoms with van der Waals surface area (Å²) in [5.74, 6) is 1.14. The number of hydrogen-bond donors (Lipinski definition) is 0. The predicted molar refractivity (Wildman–Crippen MR) is 66.8 cm³/mol. The number of piperidine rings is 1. The molecule has 1 aliphatic heterocycles. The van der Waals surface area contributed by atoms with Gasteiger partial charge in [0.2, 0.25) is 0 Å². The molecule has 0 bridgehead atoms. The van der Waals surface area contributed by atoms with Gasteiger partial charge in [-0.25, -0.2) is 9.97 Å². The Labute approximate surface area is 97.9 Å². The van der Waals surface area contributed by atoms with E-state index in [1.165, 1.54) is 24.8 Å². The van der Waals surface area contributed by atoms with E-state index in [0.29, 0.717) is 0 Å². The molecular formula is C13H21N3. The Morgan fingerprint density at radius 1 is 1.12 bits per heavy atom. The highest BCUT2D eigenvalue weighted by Gasteiger charge is 2.23. The van der Waals surface area contributed by atoms with E-state index in [-0.39, 0.29) is 5.41 Å². The van der Waals surface area contributed by atoms with Gasteiger partial charge >= 0.3 is 0 Å². The molecule has 3 nitrogen and oxygen atoms in total. The number of nitrogens with zero attached hydrogens (tertiary/aromatic N) is 3. The van der Waals surface area contributed by atoms with Crippen molar-refractivity contribution < 1.29 is 0 Å². The van der Waals surface area contributed by atoms with Crippen LogP contribution in [0.5, 0.6) is 0 Å². The standard InChI is InChI=1S/C13H21N3/c1-13(2,3)11-9-14-10-15-12(11)16-7-5-4-6-8-16/h9-10H,4-8H2,1-3H3. The van der Waals surface area contributed by atoms with E-state index < -0.39 is 0 Å². The minimum absolute atomic E-state index is 0.119. The summed E-state index contributed by atoms with van der Waals surface area (Å²) < 4.78 is 0. The van der Waals surface area contributed by atoms with E-state index in [0.717, 1.165) is 18.9 Å². The zero-order valence-corrected chi connectivity index (χ0v) is 10.5. The van der Waals surface area contributed by atoms with Crippen molar-refractivity contribution in [2.75, 3.05) is 18.0 Å². The quantitative estimate of drug-likeness (QED) is 0.727. The van der Waals surface area contributed by atoms with Gasteiger partial charge in [-0.3, -0.25) is 0 Å². The van der Waals surface area contributed by atoms with E-state index in [2.05, 4.69) is 35.6 Å². The highest BCUT2D eigenvalue weighted by atomic mass is 15.2. The fourth-order valence-electron chi connectivity index (χ4n) is 2.21. The summed E-state index contributed by atoms with van der Waals surface area (Å²) in [4.78, 5) is 11.1. The van der Waals surface area contributed by atoms with E-state index in [1.807, 2.05) is 6.20 Å². The van der Waals surface area contributed by atoms with Gasteiger partial charge in [-0.05, 0) is 24.7 Å². The SMILES string of the molecule is CC(C)(C)c1cncnc1N1CCCCC1. The monoisotopic (exact) mass is 219 g/mol. The maximum Gasteiger partial charge on any atom is 0.135 e. The van der Waals surface area contributed by atoms with Crippen LogP contribution in [0.3, 0.4) is 0 Å². The fraction of sp³-hybridized carbons (Fsp3) is 0.692. The van der Waals surface area contributed by atoms with E-state index in [1.54, 1.807) is 6.33 Å². The number of hydrogen-bond acceptors (Lipinski definition) is 3. The molecule has 0 N–H and O–H groups in total. The molecule has 16 heavy (non-hydrogen) atoms. The van der Waals surface area contributed by atoms with E-state index in [4.69, 9.17) is 0 Å². The maximum absolute atomic E-state index is 4.48. The molecule has 1 aliphatic rings. The summed E-state index contributed by atoms with van der Waals surface area (Å²) in [7, 11) is 0. The molecule has 1 saturated heterocycles. The zero-order valence-electron chi connectivity index (χ0n) is 10.5. The van der Waals surface area contributed by atoms with Gasteiger partial charge in [0, 0.05) is 24.8 Å². The first-order chi connectivity index (χ1) is 7.59. The lowest BCUT2D eigenvalue weighted by Crippen LogP contribution is -2.32. The van der Waals surface area contributed by atoms with Crippen molar-refractivity contribution >= 4 is 5.82 Å². The van der Waals surface area contributed by atoms with Crippen molar-refractivity contribution in [1.29, 1.82) is 0 Å². The first-order valence-electron chi connectivity index (χ1n) is 6.14. The van der Waals surface area contributed by atoms with Gasteiger partial charge in [0.25, 0.3) is 0 Å². The summed E-state index contributed by atoms with van der Waals surface area (Å²) in [5, 5.41) is 0. The number of rotatable bonds is 1. The molecule has 88 valence electrons. The Balaban J connectivity index is 2.32. The molecule has 0 aromatic carbocycles. The average Bonchev–Trinajstić information content (AvgIpc) is 2.29. The minimum Gasteiger partial charge on any atom is -0.356 e. The van der Waals surface area contributed by atoms with Crippen LogP contribution < -0.4 is 4.90 Å². The van der Waals surface area contributed by atoms with Gasteiger partial charge < -0.3 is 4.90 Å². The van der Waals surface area contributed by atoms with Gasteiger partial charge in [-0.1, -0.05) is 20.8 Å². The van der Waals surface area contributed by atoms with Gasteiger partial charge in [0.05, 0.1) is 0 Å². The van der Waals surface area contributed by atoms with Gasteiger partial charge in [0.1, 0.15) is 12.1 Å². The Morgan fingerprint density at radius 3 is 2.44 bits per heavy atom. The van der Waals surface area contributed by atoms with Crippen LogP contribution in [0.4, 0.5) is 5.82 Å². The van der Waals surface area contributed by atoms with Crippen molar-refractivity contribution in [3.05, 3.63) is 18.1 Å². The average molecular weight is 219 g/mol. The van der Waals surface area contributed by atoms with Crippen LogP contribution >= 0.6 is 0 Å². The highest BCUT2D eigenvalue weighted by molar-refractivity contribution is 5.49. The van der Waals surface area contributed by atoms with Crippen LogP contribution in [0.15, 0.2) is 12.5 Å². The number of anilines is 1. The topological polar surface area (TPSA) is 29.0 Å².